The Kier molecular flexibility index (Phi) is 2.48. The first-order chi connectivity index (χ1) is 6.61. The molecule has 0 bridgehead atoms. The van der Waals surface area contributed by atoms with Crippen molar-refractivity contribution in [2.24, 2.45) is 0 Å². The van der Waals surface area contributed by atoms with Gasteiger partial charge in [-0.05, 0) is 0 Å². The van der Waals surface area contributed by atoms with Gasteiger partial charge in [0, 0.05) is 25.1 Å². The number of hydrogen-bond acceptors (Lipinski definition) is 4. The first-order valence-electron chi connectivity index (χ1n) is 4.18. The Morgan fingerprint density at radius 3 is 3.00 bits per heavy atom. The number of fused-ring (bicyclic) bond motifs is 1. The summed E-state index contributed by atoms with van der Waals surface area (Å²) in [4.78, 5) is 24.2. The van der Waals surface area contributed by atoms with Crippen LogP contribution in [0.1, 0.15) is 6.92 Å². The van der Waals surface area contributed by atoms with Crippen molar-refractivity contribution in [3.8, 4) is 0 Å². The second-order valence-electron chi connectivity index (χ2n) is 3.23. The number of rotatable bonds is 1. The van der Waals surface area contributed by atoms with Crippen molar-refractivity contribution in [1.29, 1.82) is 0 Å². The Labute approximate surface area is 89.9 Å². The van der Waals surface area contributed by atoms with Crippen LogP contribution in [-0.4, -0.2) is 35.1 Å². The first-order valence-corrected chi connectivity index (χ1v) is 6.45. The van der Waals surface area contributed by atoms with E-state index in [0.717, 1.165) is 5.70 Å². The second-order valence-corrected chi connectivity index (χ2v) is 5.51. The molecule has 0 aromatic rings. The molecule has 1 N–H and O–H groups in total. The molecule has 14 heavy (non-hydrogen) atoms. The van der Waals surface area contributed by atoms with E-state index in [9.17, 15) is 9.59 Å². The molecule has 2 rings (SSSR count). The van der Waals surface area contributed by atoms with E-state index < -0.39 is 0 Å². The van der Waals surface area contributed by atoms with Crippen molar-refractivity contribution in [2.45, 2.75) is 18.2 Å². The highest BCUT2D eigenvalue weighted by atomic mass is 33.1. The molecule has 2 aliphatic heterocycles. The van der Waals surface area contributed by atoms with Crippen LogP contribution in [-0.2, 0) is 9.59 Å². The Hall–Kier alpha value is -0.620. The molecule has 2 atom stereocenters. The lowest BCUT2D eigenvalue weighted by Gasteiger charge is -2.13. The Balaban J connectivity index is 2.22. The fourth-order valence-corrected chi connectivity index (χ4v) is 4.31. The maximum absolute atomic E-state index is 11.7. The van der Waals surface area contributed by atoms with Crippen molar-refractivity contribution >= 4 is 33.4 Å². The normalized spacial score (nSPS) is 30.3. The van der Waals surface area contributed by atoms with E-state index in [1.165, 1.54) is 6.92 Å². The van der Waals surface area contributed by atoms with E-state index >= 15 is 0 Å². The van der Waals surface area contributed by atoms with Gasteiger partial charge in [-0.2, -0.15) is 0 Å². The molecule has 2 heterocycles. The SMILES string of the molecule is CC(=O)NC1C(=O)N(C)C2=CSSC21. The molecule has 0 spiro atoms. The largest absolute Gasteiger partial charge is 0.343 e. The molecule has 0 aromatic heterocycles. The molecule has 0 saturated carbocycles. The van der Waals surface area contributed by atoms with Crippen LogP contribution < -0.4 is 5.32 Å². The summed E-state index contributed by atoms with van der Waals surface area (Å²) in [7, 11) is 4.98. The van der Waals surface area contributed by atoms with Crippen LogP contribution in [0.15, 0.2) is 11.1 Å². The number of nitrogens with zero attached hydrogens (tertiary/aromatic N) is 1. The number of carbonyl (C=O) groups is 2. The van der Waals surface area contributed by atoms with Crippen LogP contribution in [0.5, 0.6) is 0 Å². The van der Waals surface area contributed by atoms with Gasteiger partial charge in [0.25, 0.3) is 5.91 Å². The van der Waals surface area contributed by atoms with Gasteiger partial charge in [-0.1, -0.05) is 21.6 Å². The quantitative estimate of drug-likeness (QED) is 0.669. The van der Waals surface area contributed by atoms with Crippen LogP contribution >= 0.6 is 21.6 Å². The Morgan fingerprint density at radius 2 is 2.36 bits per heavy atom. The summed E-state index contributed by atoms with van der Waals surface area (Å²) in [5, 5.41) is 4.74. The summed E-state index contributed by atoms with van der Waals surface area (Å²) in [5.41, 5.74) is 1.00. The minimum Gasteiger partial charge on any atom is -0.343 e. The molecule has 2 amide bonds. The summed E-state index contributed by atoms with van der Waals surface area (Å²) < 4.78 is 0. The Bertz CT molecular complexity index is 329. The smallest absolute Gasteiger partial charge is 0.250 e. The van der Waals surface area contributed by atoms with E-state index in [-0.39, 0.29) is 23.1 Å². The maximum Gasteiger partial charge on any atom is 0.250 e. The highest BCUT2D eigenvalue weighted by Crippen LogP contribution is 2.46. The molecular weight excluding hydrogens is 220 g/mol. The monoisotopic (exact) mass is 230 g/mol. The summed E-state index contributed by atoms with van der Waals surface area (Å²) >= 11 is 0. The zero-order chi connectivity index (χ0) is 10.3. The predicted molar refractivity (Wildman–Crippen MR) is 57.4 cm³/mol. The van der Waals surface area contributed by atoms with Crippen LogP contribution in [0.2, 0.25) is 0 Å². The highest BCUT2D eigenvalue weighted by molar-refractivity contribution is 8.78. The van der Waals surface area contributed by atoms with Crippen molar-refractivity contribution < 1.29 is 9.59 Å². The average Bonchev–Trinajstić information content (AvgIpc) is 2.65. The van der Waals surface area contributed by atoms with E-state index in [1.807, 2.05) is 5.41 Å². The molecule has 4 nitrogen and oxygen atoms in total. The van der Waals surface area contributed by atoms with Gasteiger partial charge in [0.05, 0.1) is 5.25 Å². The molecule has 0 aliphatic carbocycles. The van der Waals surface area contributed by atoms with Crippen molar-refractivity contribution in [2.75, 3.05) is 7.05 Å². The first kappa shape index (κ1) is 9.92. The highest BCUT2D eigenvalue weighted by Gasteiger charge is 2.45. The zero-order valence-corrected chi connectivity index (χ0v) is 9.45. The minimum atomic E-state index is -0.385. The maximum atomic E-state index is 11.7. The molecule has 0 aromatic carbocycles. The second kappa shape index (κ2) is 3.51. The van der Waals surface area contributed by atoms with E-state index in [2.05, 4.69) is 5.32 Å². The van der Waals surface area contributed by atoms with Crippen LogP contribution in [0.4, 0.5) is 0 Å². The van der Waals surface area contributed by atoms with E-state index in [1.54, 1.807) is 33.5 Å². The Morgan fingerprint density at radius 1 is 1.64 bits per heavy atom. The lowest BCUT2D eigenvalue weighted by Crippen LogP contribution is -2.43. The lowest BCUT2D eigenvalue weighted by atomic mass is 10.2. The van der Waals surface area contributed by atoms with Gasteiger partial charge in [0.15, 0.2) is 0 Å². The number of carbonyl (C=O) groups excluding carboxylic acids is 2. The molecule has 6 heteroatoms. The van der Waals surface area contributed by atoms with Gasteiger partial charge in [0.2, 0.25) is 5.91 Å². The van der Waals surface area contributed by atoms with Gasteiger partial charge in [-0.15, -0.1) is 0 Å². The number of amides is 2. The number of likely N-dealkylation sites (N-methyl/N-ethyl adjacent to an activating group) is 1. The lowest BCUT2D eigenvalue weighted by molar-refractivity contribution is -0.130. The number of likely N-dealkylation sites (tertiary alicyclic amines) is 1. The standard InChI is InChI=1S/C8H10N2O2S2/c1-4(11)9-6-7-5(3-13-14-7)10(2)8(6)12/h3,6-7H,1-2H3,(H,9,11). The minimum absolute atomic E-state index is 0.0238. The summed E-state index contributed by atoms with van der Waals surface area (Å²) in [6, 6.07) is -0.385. The molecule has 2 unspecified atom stereocenters. The summed E-state index contributed by atoms with van der Waals surface area (Å²) in [6.07, 6.45) is 0. The van der Waals surface area contributed by atoms with Crippen LogP contribution in [0.25, 0.3) is 0 Å². The molecule has 1 fully saturated rings. The van der Waals surface area contributed by atoms with Crippen LogP contribution in [0, 0.1) is 0 Å². The zero-order valence-electron chi connectivity index (χ0n) is 7.81. The average molecular weight is 230 g/mol. The number of hydrogen-bond donors (Lipinski definition) is 1. The third kappa shape index (κ3) is 1.42. The predicted octanol–water partition coefficient (Wildman–Crippen LogP) is 0.568. The molecule has 76 valence electrons. The van der Waals surface area contributed by atoms with Crippen molar-refractivity contribution in [3.05, 3.63) is 11.1 Å². The van der Waals surface area contributed by atoms with E-state index in [0.29, 0.717) is 0 Å². The number of nitrogens with one attached hydrogen (secondary N) is 1. The molecule has 1 saturated heterocycles. The third-order valence-electron chi connectivity index (χ3n) is 2.27. The topological polar surface area (TPSA) is 49.4 Å². The van der Waals surface area contributed by atoms with Gasteiger partial charge in [-0.3, -0.25) is 9.59 Å². The summed E-state index contributed by atoms with van der Waals surface area (Å²) in [6.45, 7) is 1.43. The fraction of sp³-hybridized carbons (Fsp3) is 0.500. The summed E-state index contributed by atoms with van der Waals surface area (Å²) in [5.74, 6) is -0.181. The molecular formula is C8H10N2O2S2. The van der Waals surface area contributed by atoms with Crippen LogP contribution in [0.3, 0.4) is 0 Å². The molecule has 0 radical (unpaired) electrons. The third-order valence-corrected chi connectivity index (χ3v) is 4.68. The van der Waals surface area contributed by atoms with Crippen molar-refractivity contribution in [1.82, 2.24) is 10.2 Å². The van der Waals surface area contributed by atoms with Gasteiger partial charge in [-0.25, -0.2) is 0 Å². The fourth-order valence-electron chi connectivity index (χ4n) is 1.57. The van der Waals surface area contributed by atoms with Crippen molar-refractivity contribution in [3.63, 3.8) is 0 Å². The van der Waals surface area contributed by atoms with Gasteiger partial charge >= 0.3 is 0 Å². The van der Waals surface area contributed by atoms with Gasteiger partial charge in [0.1, 0.15) is 6.04 Å². The molecule has 2 aliphatic rings. The van der Waals surface area contributed by atoms with E-state index in [4.69, 9.17) is 0 Å². The van der Waals surface area contributed by atoms with Gasteiger partial charge < -0.3 is 10.2 Å².